The van der Waals surface area contributed by atoms with Gasteiger partial charge in [-0.25, -0.2) is 9.07 Å². The van der Waals surface area contributed by atoms with Crippen LogP contribution in [0.25, 0.3) is 28.3 Å². The molecule has 0 spiro atoms. The van der Waals surface area contributed by atoms with Gasteiger partial charge in [-0.05, 0) is 66.4 Å². The highest BCUT2D eigenvalue weighted by atomic mass is 19.1. The Balaban J connectivity index is 1.46. The highest BCUT2D eigenvalue weighted by molar-refractivity contribution is 5.66. The van der Waals surface area contributed by atoms with E-state index in [2.05, 4.69) is 10.00 Å². The van der Waals surface area contributed by atoms with Gasteiger partial charge >= 0.3 is 0 Å². The SMILES string of the molecule is OCC1CCN(Cc2cnn(-c3ccc(-c4ccc(F)cc4)cc3)c2-c2ccco2)C1. The molecule has 0 saturated carbocycles. The number of hydrogen-bond donors (Lipinski definition) is 1. The molecule has 2 aromatic carbocycles. The van der Waals surface area contributed by atoms with Crippen LogP contribution < -0.4 is 0 Å². The van der Waals surface area contributed by atoms with Crippen LogP contribution in [0, 0.1) is 11.7 Å². The molecule has 1 aliphatic rings. The molecule has 3 heterocycles. The zero-order valence-electron chi connectivity index (χ0n) is 17.1. The molecule has 0 radical (unpaired) electrons. The first-order chi connectivity index (χ1) is 15.2. The zero-order chi connectivity index (χ0) is 21.2. The molecule has 5 rings (SSSR count). The molecular formula is C25H24FN3O2. The van der Waals surface area contributed by atoms with Gasteiger partial charge in [-0.1, -0.05) is 24.3 Å². The van der Waals surface area contributed by atoms with E-state index in [4.69, 9.17) is 4.42 Å². The largest absolute Gasteiger partial charge is 0.463 e. The van der Waals surface area contributed by atoms with E-state index in [-0.39, 0.29) is 12.4 Å². The van der Waals surface area contributed by atoms with Crippen molar-refractivity contribution in [1.29, 1.82) is 0 Å². The zero-order valence-corrected chi connectivity index (χ0v) is 17.1. The fourth-order valence-corrected chi connectivity index (χ4v) is 4.25. The van der Waals surface area contributed by atoms with E-state index in [0.29, 0.717) is 5.92 Å². The van der Waals surface area contributed by atoms with Gasteiger partial charge in [0.15, 0.2) is 5.76 Å². The number of aromatic nitrogens is 2. The first kappa shape index (κ1) is 19.7. The van der Waals surface area contributed by atoms with Gasteiger partial charge in [0, 0.05) is 25.3 Å². The van der Waals surface area contributed by atoms with Crippen LogP contribution in [0.2, 0.25) is 0 Å². The summed E-state index contributed by atoms with van der Waals surface area (Å²) in [4.78, 5) is 2.35. The molecule has 2 aromatic heterocycles. The smallest absolute Gasteiger partial charge is 0.152 e. The molecule has 0 amide bonds. The molecule has 6 heteroatoms. The Morgan fingerprint density at radius 3 is 2.42 bits per heavy atom. The molecule has 1 fully saturated rings. The van der Waals surface area contributed by atoms with Crippen molar-refractivity contribution in [3.63, 3.8) is 0 Å². The number of rotatable bonds is 6. The fraction of sp³-hybridized carbons (Fsp3) is 0.240. The van der Waals surface area contributed by atoms with Crippen LogP contribution in [-0.2, 0) is 6.54 Å². The van der Waals surface area contributed by atoms with Gasteiger partial charge in [0.25, 0.3) is 0 Å². The van der Waals surface area contributed by atoms with Crippen molar-refractivity contribution in [3.05, 3.63) is 84.5 Å². The number of furan rings is 1. The fourth-order valence-electron chi connectivity index (χ4n) is 4.25. The van der Waals surface area contributed by atoms with E-state index in [1.807, 2.05) is 47.3 Å². The minimum atomic E-state index is -0.240. The van der Waals surface area contributed by atoms with Crippen LogP contribution in [0.15, 0.2) is 77.5 Å². The number of nitrogens with zero attached hydrogens (tertiary/aromatic N) is 3. The summed E-state index contributed by atoms with van der Waals surface area (Å²) in [5, 5.41) is 14.1. The lowest BCUT2D eigenvalue weighted by Crippen LogP contribution is -2.21. The van der Waals surface area contributed by atoms with E-state index in [0.717, 1.165) is 59.9 Å². The average Bonchev–Trinajstić information content (AvgIpc) is 3.56. The summed E-state index contributed by atoms with van der Waals surface area (Å²) in [6.07, 6.45) is 4.59. The van der Waals surface area contributed by atoms with Crippen LogP contribution in [0.5, 0.6) is 0 Å². The predicted molar refractivity (Wildman–Crippen MR) is 117 cm³/mol. The second-order valence-electron chi connectivity index (χ2n) is 8.03. The van der Waals surface area contributed by atoms with Gasteiger partial charge in [0.05, 0.1) is 18.1 Å². The summed E-state index contributed by atoms with van der Waals surface area (Å²) in [6, 6.07) is 18.4. The molecule has 1 N–H and O–H groups in total. The Labute approximate surface area is 180 Å². The first-order valence-corrected chi connectivity index (χ1v) is 10.5. The van der Waals surface area contributed by atoms with E-state index < -0.39 is 0 Å². The highest BCUT2D eigenvalue weighted by Gasteiger charge is 2.25. The third-order valence-electron chi connectivity index (χ3n) is 5.91. The molecule has 1 unspecified atom stereocenters. The second kappa shape index (κ2) is 8.49. The molecule has 0 aliphatic carbocycles. The summed E-state index contributed by atoms with van der Waals surface area (Å²) in [7, 11) is 0. The summed E-state index contributed by atoms with van der Waals surface area (Å²) >= 11 is 0. The van der Waals surface area contributed by atoms with Gasteiger partial charge in [-0.15, -0.1) is 0 Å². The van der Waals surface area contributed by atoms with Gasteiger partial charge in [0.1, 0.15) is 11.5 Å². The third-order valence-corrected chi connectivity index (χ3v) is 5.91. The number of aliphatic hydroxyl groups is 1. The van der Waals surface area contributed by atoms with Crippen molar-refractivity contribution in [2.24, 2.45) is 5.92 Å². The molecule has 1 aliphatic heterocycles. The molecule has 5 nitrogen and oxygen atoms in total. The number of likely N-dealkylation sites (tertiary alicyclic amines) is 1. The van der Waals surface area contributed by atoms with Crippen LogP contribution in [0.4, 0.5) is 4.39 Å². The Morgan fingerprint density at radius 1 is 1.03 bits per heavy atom. The predicted octanol–water partition coefficient (Wildman–Crippen LogP) is 4.75. The van der Waals surface area contributed by atoms with Gasteiger partial charge in [-0.2, -0.15) is 5.10 Å². The van der Waals surface area contributed by atoms with Crippen LogP contribution >= 0.6 is 0 Å². The van der Waals surface area contributed by atoms with Crippen molar-refractivity contribution in [1.82, 2.24) is 14.7 Å². The Bertz CT molecular complexity index is 1130. The van der Waals surface area contributed by atoms with Crippen molar-refractivity contribution >= 4 is 0 Å². The van der Waals surface area contributed by atoms with Crippen molar-refractivity contribution < 1.29 is 13.9 Å². The number of benzene rings is 2. The van der Waals surface area contributed by atoms with Crippen molar-refractivity contribution in [2.45, 2.75) is 13.0 Å². The van der Waals surface area contributed by atoms with Gasteiger partial charge in [-0.3, -0.25) is 4.90 Å². The normalized spacial score (nSPS) is 16.8. The van der Waals surface area contributed by atoms with Crippen molar-refractivity contribution in [2.75, 3.05) is 19.7 Å². The monoisotopic (exact) mass is 417 g/mol. The first-order valence-electron chi connectivity index (χ1n) is 10.5. The Morgan fingerprint density at radius 2 is 1.77 bits per heavy atom. The average molecular weight is 417 g/mol. The molecule has 4 aromatic rings. The van der Waals surface area contributed by atoms with E-state index in [9.17, 15) is 9.50 Å². The highest BCUT2D eigenvalue weighted by Crippen LogP contribution is 2.30. The molecule has 158 valence electrons. The Kier molecular flexibility index (Phi) is 5.40. The standard InChI is InChI=1S/C25H24FN3O2/c26-22-7-3-19(4-8-22)20-5-9-23(10-6-20)29-25(24-2-1-13-31-24)21(14-27-29)16-28-12-11-18(15-28)17-30/h1-10,13-14,18,30H,11-12,15-17H2. The quantitative estimate of drug-likeness (QED) is 0.492. The summed E-state index contributed by atoms with van der Waals surface area (Å²) in [5.74, 6) is 0.880. The minimum Gasteiger partial charge on any atom is -0.463 e. The van der Waals surface area contributed by atoms with Crippen LogP contribution in [0.3, 0.4) is 0 Å². The number of halogens is 1. The van der Waals surface area contributed by atoms with E-state index >= 15 is 0 Å². The van der Waals surface area contributed by atoms with E-state index in [1.54, 1.807) is 18.4 Å². The number of aliphatic hydroxyl groups excluding tert-OH is 1. The molecule has 31 heavy (non-hydrogen) atoms. The molecule has 0 bridgehead atoms. The topological polar surface area (TPSA) is 54.4 Å². The maximum Gasteiger partial charge on any atom is 0.152 e. The molecule has 1 atom stereocenters. The lowest BCUT2D eigenvalue weighted by Gasteiger charge is -2.16. The lowest BCUT2D eigenvalue weighted by atomic mass is 10.1. The van der Waals surface area contributed by atoms with E-state index in [1.165, 1.54) is 12.1 Å². The van der Waals surface area contributed by atoms with Gasteiger partial charge < -0.3 is 9.52 Å². The maximum absolute atomic E-state index is 13.2. The minimum absolute atomic E-state index is 0.237. The summed E-state index contributed by atoms with van der Waals surface area (Å²) in [6.45, 7) is 2.87. The molecular weight excluding hydrogens is 393 g/mol. The number of hydrogen-bond acceptors (Lipinski definition) is 4. The maximum atomic E-state index is 13.2. The van der Waals surface area contributed by atoms with Crippen molar-refractivity contribution in [3.8, 4) is 28.3 Å². The lowest BCUT2D eigenvalue weighted by molar-refractivity contribution is 0.220. The molecule has 1 saturated heterocycles. The van der Waals surface area contributed by atoms with Crippen LogP contribution in [0.1, 0.15) is 12.0 Å². The van der Waals surface area contributed by atoms with Gasteiger partial charge in [0.2, 0.25) is 0 Å². The summed E-state index contributed by atoms with van der Waals surface area (Å²) < 4.78 is 20.9. The second-order valence-corrected chi connectivity index (χ2v) is 8.03. The Hall–Kier alpha value is -3.22. The van der Waals surface area contributed by atoms with Crippen LogP contribution in [-0.4, -0.2) is 39.5 Å². The third kappa shape index (κ3) is 4.04. The summed E-state index contributed by atoms with van der Waals surface area (Å²) in [5.41, 5.74) is 4.94.